The Balaban J connectivity index is 1.35. The van der Waals surface area contributed by atoms with E-state index in [2.05, 4.69) is 15.3 Å². The maximum absolute atomic E-state index is 13.2. The van der Waals surface area contributed by atoms with E-state index >= 15 is 0 Å². The molecule has 1 saturated heterocycles. The number of hydrogen-bond acceptors (Lipinski definition) is 6. The molecule has 1 aromatic heterocycles. The maximum Gasteiger partial charge on any atom is 0.225 e. The Kier molecular flexibility index (Phi) is 8.13. The fourth-order valence-corrected chi connectivity index (χ4v) is 4.19. The standard InChI is InChI=1S/C27H31FN4O3/c1-3-34-24-12-7-19(14-25(24)35-4-2)15-29-26(33)21-6-5-13-32(18-21)27-30-16-22(17-31-27)20-8-10-23(28)11-9-20/h7-12,14,16-17,21H,3-6,13,15,18H2,1-2H3,(H,29,33). The summed E-state index contributed by atoms with van der Waals surface area (Å²) >= 11 is 0. The molecule has 4 rings (SSSR count). The normalized spacial score (nSPS) is 15.5. The number of nitrogens with zero attached hydrogens (tertiary/aromatic N) is 3. The summed E-state index contributed by atoms with van der Waals surface area (Å²) in [5.41, 5.74) is 2.63. The largest absolute Gasteiger partial charge is 0.490 e. The molecule has 1 fully saturated rings. The van der Waals surface area contributed by atoms with Crippen molar-refractivity contribution in [3.05, 3.63) is 66.2 Å². The first-order valence-electron chi connectivity index (χ1n) is 12.1. The van der Waals surface area contributed by atoms with Gasteiger partial charge >= 0.3 is 0 Å². The fraction of sp³-hybridized carbons (Fsp3) is 0.370. The van der Waals surface area contributed by atoms with Gasteiger partial charge in [0.15, 0.2) is 11.5 Å². The number of amides is 1. The highest BCUT2D eigenvalue weighted by Crippen LogP contribution is 2.29. The minimum Gasteiger partial charge on any atom is -0.490 e. The van der Waals surface area contributed by atoms with Gasteiger partial charge in [0.1, 0.15) is 5.82 Å². The van der Waals surface area contributed by atoms with Crippen LogP contribution in [0.2, 0.25) is 0 Å². The van der Waals surface area contributed by atoms with E-state index in [4.69, 9.17) is 9.47 Å². The Morgan fingerprint density at radius 1 is 1.03 bits per heavy atom. The summed E-state index contributed by atoms with van der Waals surface area (Å²) in [5.74, 6) is 1.59. The average Bonchev–Trinajstić information content (AvgIpc) is 2.89. The number of piperidine rings is 1. The van der Waals surface area contributed by atoms with Crippen molar-refractivity contribution in [2.24, 2.45) is 5.92 Å². The number of benzene rings is 2. The molecular weight excluding hydrogens is 447 g/mol. The predicted molar refractivity (Wildman–Crippen MR) is 133 cm³/mol. The molecule has 8 heteroatoms. The summed E-state index contributed by atoms with van der Waals surface area (Å²) in [5, 5.41) is 3.06. The third-order valence-corrected chi connectivity index (χ3v) is 5.97. The molecular formula is C27H31FN4O3. The zero-order valence-corrected chi connectivity index (χ0v) is 20.2. The fourth-order valence-electron chi connectivity index (χ4n) is 4.19. The van der Waals surface area contributed by atoms with E-state index in [1.165, 1.54) is 12.1 Å². The third-order valence-electron chi connectivity index (χ3n) is 5.97. The molecule has 1 amide bonds. The van der Waals surface area contributed by atoms with Crippen molar-refractivity contribution in [2.75, 3.05) is 31.2 Å². The summed E-state index contributed by atoms with van der Waals surface area (Å²) in [7, 11) is 0. The Labute approximate surface area is 205 Å². The van der Waals surface area contributed by atoms with Gasteiger partial charge in [0.2, 0.25) is 11.9 Å². The van der Waals surface area contributed by atoms with E-state index < -0.39 is 0 Å². The molecule has 2 heterocycles. The first-order valence-corrected chi connectivity index (χ1v) is 12.1. The molecule has 1 unspecified atom stereocenters. The highest BCUT2D eigenvalue weighted by atomic mass is 19.1. The van der Waals surface area contributed by atoms with Crippen molar-refractivity contribution in [3.8, 4) is 22.6 Å². The van der Waals surface area contributed by atoms with Crippen molar-refractivity contribution in [1.82, 2.24) is 15.3 Å². The van der Waals surface area contributed by atoms with Crippen LogP contribution in [-0.2, 0) is 11.3 Å². The van der Waals surface area contributed by atoms with Crippen molar-refractivity contribution < 1.29 is 18.7 Å². The number of hydrogen-bond donors (Lipinski definition) is 1. The van der Waals surface area contributed by atoms with Gasteiger partial charge in [-0.25, -0.2) is 14.4 Å². The molecule has 2 aromatic carbocycles. The summed E-state index contributed by atoms with van der Waals surface area (Å²) in [4.78, 5) is 24.0. The number of carbonyl (C=O) groups excluding carboxylic acids is 1. The molecule has 1 atom stereocenters. The van der Waals surface area contributed by atoms with E-state index in [1.807, 2.05) is 36.9 Å². The topological polar surface area (TPSA) is 76.6 Å². The number of nitrogens with one attached hydrogen (secondary N) is 1. The molecule has 1 aliphatic rings. The lowest BCUT2D eigenvalue weighted by atomic mass is 9.97. The molecule has 0 aliphatic carbocycles. The van der Waals surface area contributed by atoms with Gasteiger partial charge in [0, 0.05) is 37.6 Å². The van der Waals surface area contributed by atoms with Crippen molar-refractivity contribution >= 4 is 11.9 Å². The molecule has 0 radical (unpaired) electrons. The highest BCUT2D eigenvalue weighted by Gasteiger charge is 2.27. The lowest BCUT2D eigenvalue weighted by molar-refractivity contribution is -0.125. The SMILES string of the molecule is CCOc1ccc(CNC(=O)C2CCCN(c3ncc(-c4ccc(F)cc4)cn3)C2)cc1OCC. The molecule has 0 spiro atoms. The van der Waals surface area contributed by atoms with Gasteiger partial charge in [-0.2, -0.15) is 0 Å². The van der Waals surface area contributed by atoms with Crippen molar-refractivity contribution in [3.63, 3.8) is 0 Å². The molecule has 35 heavy (non-hydrogen) atoms. The Hall–Kier alpha value is -3.68. The third kappa shape index (κ3) is 6.26. The molecule has 1 N–H and O–H groups in total. The first kappa shape index (κ1) is 24.4. The van der Waals surface area contributed by atoms with Crippen LogP contribution in [0.25, 0.3) is 11.1 Å². The van der Waals surface area contributed by atoms with Crippen LogP contribution in [0.4, 0.5) is 10.3 Å². The van der Waals surface area contributed by atoms with E-state index in [0.717, 1.165) is 36.1 Å². The molecule has 3 aromatic rings. The highest BCUT2D eigenvalue weighted by molar-refractivity contribution is 5.79. The van der Waals surface area contributed by atoms with Crippen LogP contribution in [0, 0.1) is 11.7 Å². The van der Waals surface area contributed by atoms with Gasteiger partial charge in [-0.3, -0.25) is 4.79 Å². The van der Waals surface area contributed by atoms with Crippen LogP contribution >= 0.6 is 0 Å². The van der Waals surface area contributed by atoms with Gasteiger partial charge in [0.05, 0.1) is 19.1 Å². The van der Waals surface area contributed by atoms with Crippen LogP contribution in [0.3, 0.4) is 0 Å². The number of rotatable bonds is 9. The molecule has 0 bridgehead atoms. The lowest BCUT2D eigenvalue weighted by Crippen LogP contribution is -2.43. The van der Waals surface area contributed by atoms with Crippen molar-refractivity contribution in [2.45, 2.75) is 33.2 Å². The van der Waals surface area contributed by atoms with Crippen LogP contribution in [-0.4, -0.2) is 42.2 Å². The molecule has 1 aliphatic heterocycles. The molecule has 0 saturated carbocycles. The predicted octanol–water partition coefficient (Wildman–Crippen LogP) is 4.61. The summed E-state index contributed by atoms with van der Waals surface area (Å²) in [6.45, 7) is 6.76. The van der Waals surface area contributed by atoms with E-state index in [9.17, 15) is 9.18 Å². The van der Waals surface area contributed by atoms with E-state index in [1.54, 1.807) is 24.5 Å². The van der Waals surface area contributed by atoms with Crippen LogP contribution in [0.5, 0.6) is 11.5 Å². The van der Waals surface area contributed by atoms with Gasteiger partial charge < -0.3 is 19.7 Å². The Morgan fingerprint density at radius 3 is 2.46 bits per heavy atom. The second kappa shape index (κ2) is 11.6. The van der Waals surface area contributed by atoms with Crippen LogP contribution < -0.4 is 19.7 Å². The van der Waals surface area contributed by atoms with Crippen molar-refractivity contribution in [1.29, 1.82) is 0 Å². The van der Waals surface area contributed by atoms with Crippen LogP contribution in [0.1, 0.15) is 32.3 Å². The zero-order chi connectivity index (χ0) is 24.6. The molecule has 7 nitrogen and oxygen atoms in total. The number of aromatic nitrogens is 2. The smallest absolute Gasteiger partial charge is 0.225 e. The Bertz CT molecular complexity index is 1120. The van der Waals surface area contributed by atoms with Gasteiger partial charge in [0.25, 0.3) is 0 Å². The zero-order valence-electron chi connectivity index (χ0n) is 20.2. The van der Waals surface area contributed by atoms with E-state index in [-0.39, 0.29) is 17.6 Å². The van der Waals surface area contributed by atoms with Crippen LogP contribution in [0.15, 0.2) is 54.9 Å². The van der Waals surface area contributed by atoms with E-state index in [0.29, 0.717) is 43.8 Å². The summed E-state index contributed by atoms with van der Waals surface area (Å²) < 4.78 is 24.5. The minimum absolute atomic E-state index is 0.0180. The molecule has 184 valence electrons. The monoisotopic (exact) mass is 478 g/mol. The second-order valence-electron chi connectivity index (χ2n) is 8.43. The van der Waals surface area contributed by atoms with Gasteiger partial charge in [-0.15, -0.1) is 0 Å². The first-order chi connectivity index (χ1) is 17.1. The number of halogens is 1. The van der Waals surface area contributed by atoms with Gasteiger partial charge in [-0.05, 0) is 62.1 Å². The Morgan fingerprint density at radius 2 is 1.74 bits per heavy atom. The number of carbonyl (C=O) groups is 1. The summed E-state index contributed by atoms with van der Waals surface area (Å²) in [6, 6.07) is 12.0. The summed E-state index contributed by atoms with van der Waals surface area (Å²) in [6.07, 6.45) is 5.18. The second-order valence-corrected chi connectivity index (χ2v) is 8.43. The number of ether oxygens (including phenoxy) is 2. The van der Waals surface area contributed by atoms with Gasteiger partial charge in [-0.1, -0.05) is 18.2 Å². The quantitative estimate of drug-likeness (QED) is 0.484. The lowest BCUT2D eigenvalue weighted by Gasteiger charge is -2.32. The minimum atomic E-state index is -0.277. The average molecular weight is 479 g/mol. The maximum atomic E-state index is 13.2. The number of anilines is 1.